The molecule has 0 radical (unpaired) electrons. The van der Waals surface area contributed by atoms with E-state index in [4.69, 9.17) is 14.2 Å². The van der Waals surface area contributed by atoms with Crippen LogP contribution in [0.15, 0.2) is 61.2 Å². The van der Waals surface area contributed by atoms with Gasteiger partial charge in [-0.05, 0) is 22.3 Å². The summed E-state index contributed by atoms with van der Waals surface area (Å²) in [5.41, 5.74) is 4.05. The summed E-state index contributed by atoms with van der Waals surface area (Å²) in [6.07, 6.45) is -0.0561. The molecule has 2 saturated heterocycles. The highest BCUT2D eigenvalue weighted by atomic mass is 16.6. The molecule has 1 spiro atoms. The van der Waals surface area contributed by atoms with Gasteiger partial charge in [-0.15, -0.1) is 6.58 Å². The maximum absolute atomic E-state index is 12.3. The average molecular weight is 479 g/mol. The van der Waals surface area contributed by atoms with Crippen LogP contribution in [0.2, 0.25) is 0 Å². The predicted molar refractivity (Wildman–Crippen MR) is 129 cm³/mol. The zero-order valence-corrected chi connectivity index (χ0v) is 19.4. The maximum Gasteiger partial charge on any atom is 0.407 e. The molecule has 3 N–H and O–H groups in total. The van der Waals surface area contributed by atoms with Crippen molar-refractivity contribution in [2.75, 3.05) is 26.3 Å². The Balaban J connectivity index is 1.04. The summed E-state index contributed by atoms with van der Waals surface area (Å²) < 4.78 is 16.7. The SMILES string of the molecule is C=C[C@H]1O[C@H](CC(=O)NCCNC(=O)OCC2c3ccccc3-c3ccccc32)C[C@@]2(CO2)[C@@H]1O. The fraction of sp³-hybridized carbons (Fsp3) is 0.407. The first-order valence-electron chi connectivity index (χ1n) is 12.0. The molecule has 2 aliphatic heterocycles. The van der Waals surface area contributed by atoms with Crippen LogP contribution in [0.1, 0.15) is 29.9 Å². The molecule has 184 valence electrons. The van der Waals surface area contributed by atoms with E-state index in [0.717, 1.165) is 11.1 Å². The third-order valence-electron chi connectivity index (χ3n) is 6.99. The van der Waals surface area contributed by atoms with Crippen molar-refractivity contribution >= 4 is 12.0 Å². The van der Waals surface area contributed by atoms with Gasteiger partial charge in [-0.2, -0.15) is 0 Å². The first kappa shape index (κ1) is 23.5. The van der Waals surface area contributed by atoms with Crippen LogP contribution in [0.5, 0.6) is 0 Å². The maximum atomic E-state index is 12.3. The van der Waals surface area contributed by atoms with Gasteiger partial charge in [0.25, 0.3) is 0 Å². The van der Waals surface area contributed by atoms with Gasteiger partial charge in [-0.25, -0.2) is 4.79 Å². The standard InChI is InChI=1S/C27H30N2O6/c1-2-23-25(31)27(16-34-27)14-17(35-23)13-24(30)28-11-12-29-26(32)33-15-22-20-9-5-3-7-18(20)19-8-4-6-10-21(19)22/h2-10,17,22-23,25,31H,1,11-16H2,(H,28,30)(H,29,32)/t17-,23-,25-,27-/m1/s1. The van der Waals surface area contributed by atoms with Gasteiger partial charge in [0.1, 0.15) is 24.4 Å². The van der Waals surface area contributed by atoms with Crippen LogP contribution in [-0.4, -0.2) is 67.3 Å². The Bertz CT molecular complexity index is 1070. The molecular weight excluding hydrogens is 448 g/mol. The summed E-state index contributed by atoms with van der Waals surface area (Å²) in [5, 5.41) is 15.7. The normalized spacial score (nSPS) is 26.5. The van der Waals surface area contributed by atoms with Gasteiger partial charge in [0.05, 0.1) is 19.1 Å². The lowest BCUT2D eigenvalue weighted by Crippen LogP contribution is -2.51. The predicted octanol–water partition coefficient (Wildman–Crippen LogP) is 2.50. The van der Waals surface area contributed by atoms with E-state index >= 15 is 0 Å². The molecule has 8 heteroatoms. The number of fused-ring (bicyclic) bond motifs is 3. The van der Waals surface area contributed by atoms with Crippen molar-refractivity contribution < 1.29 is 28.9 Å². The molecule has 0 unspecified atom stereocenters. The highest BCUT2D eigenvalue weighted by Crippen LogP contribution is 2.45. The third kappa shape index (κ3) is 4.82. The number of hydrogen-bond acceptors (Lipinski definition) is 6. The molecule has 1 aliphatic carbocycles. The zero-order valence-electron chi connectivity index (χ0n) is 19.4. The van der Waals surface area contributed by atoms with Gasteiger partial charge in [0.15, 0.2) is 0 Å². The van der Waals surface area contributed by atoms with Gasteiger partial charge >= 0.3 is 6.09 Å². The molecule has 5 rings (SSSR count). The Kier molecular flexibility index (Phi) is 6.60. The van der Waals surface area contributed by atoms with E-state index in [1.807, 2.05) is 24.3 Å². The van der Waals surface area contributed by atoms with Crippen LogP contribution in [-0.2, 0) is 19.0 Å². The number of ether oxygens (including phenoxy) is 3. The Morgan fingerprint density at radius 2 is 1.71 bits per heavy atom. The fourth-order valence-electron chi connectivity index (χ4n) is 5.13. The third-order valence-corrected chi connectivity index (χ3v) is 6.99. The second-order valence-corrected chi connectivity index (χ2v) is 9.27. The first-order chi connectivity index (χ1) is 17.0. The van der Waals surface area contributed by atoms with E-state index in [1.165, 1.54) is 17.2 Å². The van der Waals surface area contributed by atoms with Crippen molar-refractivity contribution in [3.8, 4) is 11.1 Å². The Morgan fingerprint density at radius 3 is 2.34 bits per heavy atom. The van der Waals surface area contributed by atoms with Crippen LogP contribution in [0.4, 0.5) is 4.79 Å². The monoisotopic (exact) mass is 478 g/mol. The minimum Gasteiger partial charge on any atom is -0.449 e. The highest BCUT2D eigenvalue weighted by Gasteiger charge is 2.58. The van der Waals surface area contributed by atoms with Crippen molar-refractivity contribution in [1.29, 1.82) is 0 Å². The van der Waals surface area contributed by atoms with Gasteiger partial charge < -0.3 is 30.0 Å². The quantitative estimate of drug-likeness (QED) is 0.306. The smallest absolute Gasteiger partial charge is 0.407 e. The second kappa shape index (κ2) is 9.81. The number of carbonyl (C=O) groups is 2. The largest absolute Gasteiger partial charge is 0.449 e. The topological polar surface area (TPSA) is 109 Å². The number of aliphatic hydroxyl groups is 1. The number of carbonyl (C=O) groups excluding carboxylic acids is 2. The van der Waals surface area contributed by atoms with Crippen LogP contribution in [0, 0.1) is 0 Å². The fourth-order valence-corrected chi connectivity index (χ4v) is 5.13. The molecular formula is C27H30N2O6. The molecule has 3 aliphatic rings. The lowest BCUT2D eigenvalue weighted by atomic mass is 9.88. The van der Waals surface area contributed by atoms with E-state index in [9.17, 15) is 14.7 Å². The number of alkyl carbamates (subject to hydrolysis) is 1. The molecule has 4 atom stereocenters. The summed E-state index contributed by atoms with van der Waals surface area (Å²) >= 11 is 0. The van der Waals surface area contributed by atoms with Crippen LogP contribution in [0.3, 0.4) is 0 Å². The average Bonchev–Trinajstić information content (AvgIpc) is 3.57. The lowest BCUT2D eigenvalue weighted by molar-refractivity contribution is -0.145. The van der Waals surface area contributed by atoms with Crippen molar-refractivity contribution in [1.82, 2.24) is 10.6 Å². The van der Waals surface area contributed by atoms with Crippen molar-refractivity contribution in [2.24, 2.45) is 0 Å². The lowest BCUT2D eigenvalue weighted by Gasteiger charge is -2.36. The van der Waals surface area contributed by atoms with E-state index < -0.39 is 23.9 Å². The number of aliphatic hydroxyl groups excluding tert-OH is 1. The minimum absolute atomic E-state index is 0.00000322. The van der Waals surface area contributed by atoms with Gasteiger partial charge in [0.2, 0.25) is 5.91 Å². The van der Waals surface area contributed by atoms with Crippen molar-refractivity contribution in [2.45, 2.75) is 42.7 Å². The number of benzene rings is 2. The molecule has 2 heterocycles. The summed E-state index contributed by atoms with van der Waals surface area (Å²) in [6.45, 7) is 4.91. The van der Waals surface area contributed by atoms with Crippen molar-refractivity contribution in [3.05, 3.63) is 72.3 Å². The molecule has 2 fully saturated rings. The van der Waals surface area contributed by atoms with E-state index in [1.54, 1.807) is 0 Å². The molecule has 2 aromatic carbocycles. The number of hydrogen-bond donors (Lipinski definition) is 3. The minimum atomic E-state index is -0.763. The second-order valence-electron chi connectivity index (χ2n) is 9.27. The molecule has 8 nitrogen and oxygen atoms in total. The molecule has 2 aromatic rings. The first-order valence-corrected chi connectivity index (χ1v) is 12.0. The van der Waals surface area contributed by atoms with Crippen molar-refractivity contribution in [3.63, 3.8) is 0 Å². The van der Waals surface area contributed by atoms with Gasteiger partial charge in [-0.3, -0.25) is 4.79 Å². The molecule has 2 amide bonds. The Hall–Kier alpha value is -3.20. The zero-order chi connectivity index (χ0) is 24.4. The van der Waals surface area contributed by atoms with Gasteiger partial charge in [0, 0.05) is 25.4 Å². The van der Waals surface area contributed by atoms with Crippen LogP contribution < -0.4 is 10.6 Å². The highest BCUT2D eigenvalue weighted by molar-refractivity contribution is 5.79. The van der Waals surface area contributed by atoms with E-state index in [-0.39, 0.29) is 44.0 Å². The summed E-state index contributed by atoms with van der Waals surface area (Å²) in [6, 6.07) is 16.3. The molecule has 0 aromatic heterocycles. The summed E-state index contributed by atoms with van der Waals surface area (Å²) in [4.78, 5) is 24.6. The van der Waals surface area contributed by atoms with E-state index in [2.05, 4.69) is 41.5 Å². The Labute approximate surface area is 204 Å². The van der Waals surface area contributed by atoms with Crippen LogP contribution in [0.25, 0.3) is 11.1 Å². The van der Waals surface area contributed by atoms with Crippen LogP contribution >= 0.6 is 0 Å². The number of epoxide rings is 1. The Morgan fingerprint density at radius 1 is 1.09 bits per heavy atom. The summed E-state index contributed by atoms with van der Waals surface area (Å²) in [5.74, 6) is -0.195. The molecule has 0 bridgehead atoms. The summed E-state index contributed by atoms with van der Waals surface area (Å²) in [7, 11) is 0. The number of amides is 2. The molecule has 0 saturated carbocycles. The number of rotatable bonds is 8. The molecule has 35 heavy (non-hydrogen) atoms. The van der Waals surface area contributed by atoms with Gasteiger partial charge in [-0.1, -0.05) is 54.6 Å². The van der Waals surface area contributed by atoms with E-state index in [0.29, 0.717) is 13.0 Å². The number of nitrogens with one attached hydrogen (secondary N) is 2.